The van der Waals surface area contributed by atoms with E-state index in [0.717, 1.165) is 11.8 Å². The minimum absolute atomic E-state index is 0.00143. The van der Waals surface area contributed by atoms with Crippen LogP contribution in [0.5, 0.6) is 0 Å². The number of carbonyl (C=O) groups is 2. The van der Waals surface area contributed by atoms with Gasteiger partial charge in [-0.05, 0) is 31.2 Å². The molecule has 25 heavy (non-hydrogen) atoms. The largest absolute Gasteiger partial charge is 0.384 e. The molecule has 124 valence electrons. The number of anilines is 1. The lowest BCUT2D eigenvalue weighted by atomic mass is 10.1. The van der Waals surface area contributed by atoms with Gasteiger partial charge >= 0.3 is 0 Å². The number of aromatic nitrogens is 4. The smallest absolute Gasteiger partial charge is 0.262 e. The molecular weight excluding hydrogens is 324 g/mol. The fourth-order valence-corrected chi connectivity index (χ4v) is 2.77. The van der Waals surface area contributed by atoms with E-state index in [-0.39, 0.29) is 16.9 Å². The molecular formula is C16H12N6O3. The second kappa shape index (κ2) is 5.13. The van der Waals surface area contributed by atoms with E-state index in [1.165, 1.54) is 4.57 Å². The van der Waals surface area contributed by atoms with Crippen molar-refractivity contribution in [3.63, 3.8) is 0 Å². The number of fused-ring (bicyclic) bond motifs is 1. The van der Waals surface area contributed by atoms with Gasteiger partial charge in [0.25, 0.3) is 17.4 Å². The SMILES string of the molecule is Cc1ncn(-c2ccc(-n3c(N)c4c(cc3=O)C(=O)NC4=O)cc2)n1. The molecule has 9 nitrogen and oxygen atoms in total. The van der Waals surface area contributed by atoms with E-state index in [4.69, 9.17) is 5.73 Å². The normalized spacial score (nSPS) is 13.0. The highest BCUT2D eigenvalue weighted by Gasteiger charge is 2.31. The Balaban J connectivity index is 1.83. The summed E-state index contributed by atoms with van der Waals surface area (Å²) in [5, 5.41) is 6.34. The minimum Gasteiger partial charge on any atom is -0.384 e. The van der Waals surface area contributed by atoms with Crippen LogP contribution in [-0.2, 0) is 0 Å². The average Bonchev–Trinajstić information content (AvgIpc) is 3.12. The maximum Gasteiger partial charge on any atom is 0.262 e. The molecule has 0 fully saturated rings. The summed E-state index contributed by atoms with van der Waals surface area (Å²) in [6, 6.07) is 7.94. The van der Waals surface area contributed by atoms with Crippen molar-refractivity contribution in [3.8, 4) is 11.4 Å². The first-order valence-corrected chi connectivity index (χ1v) is 7.36. The Hall–Kier alpha value is -3.75. The van der Waals surface area contributed by atoms with Gasteiger partial charge in [-0.1, -0.05) is 0 Å². The van der Waals surface area contributed by atoms with Crippen LogP contribution in [-0.4, -0.2) is 31.1 Å². The van der Waals surface area contributed by atoms with Crippen LogP contribution in [0.1, 0.15) is 26.5 Å². The predicted molar refractivity (Wildman–Crippen MR) is 87.9 cm³/mol. The van der Waals surface area contributed by atoms with Crippen LogP contribution >= 0.6 is 0 Å². The van der Waals surface area contributed by atoms with Crippen LogP contribution in [0.3, 0.4) is 0 Å². The van der Waals surface area contributed by atoms with E-state index < -0.39 is 17.4 Å². The number of nitrogen functional groups attached to an aromatic ring is 1. The van der Waals surface area contributed by atoms with Crippen molar-refractivity contribution in [3.05, 3.63) is 64.0 Å². The van der Waals surface area contributed by atoms with Crippen LogP contribution in [0, 0.1) is 6.92 Å². The van der Waals surface area contributed by atoms with E-state index in [0.29, 0.717) is 11.5 Å². The van der Waals surface area contributed by atoms with Gasteiger partial charge in [0, 0.05) is 6.07 Å². The Kier molecular flexibility index (Phi) is 3.04. The number of hydrogen-bond acceptors (Lipinski definition) is 6. The van der Waals surface area contributed by atoms with Gasteiger partial charge in [0.05, 0.1) is 22.5 Å². The molecule has 0 radical (unpaired) electrons. The molecule has 1 aromatic carbocycles. The van der Waals surface area contributed by atoms with Gasteiger partial charge in [0.15, 0.2) is 0 Å². The molecule has 0 saturated heterocycles. The monoisotopic (exact) mass is 336 g/mol. The number of nitrogens with zero attached hydrogens (tertiary/aromatic N) is 4. The minimum atomic E-state index is -0.618. The fraction of sp³-hybridized carbons (Fsp3) is 0.0625. The summed E-state index contributed by atoms with van der Waals surface area (Å²) in [6.45, 7) is 1.78. The Labute approximate surface area is 140 Å². The highest BCUT2D eigenvalue weighted by molar-refractivity contribution is 6.23. The van der Waals surface area contributed by atoms with E-state index in [1.807, 2.05) is 0 Å². The lowest BCUT2D eigenvalue weighted by Gasteiger charge is -2.12. The number of pyridine rings is 1. The zero-order chi connectivity index (χ0) is 17.7. The molecule has 0 aliphatic carbocycles. The molecule has 1 aliphatic rings. The zero-order valence-electron chi connectivity index (χ0n) is 13.1. The van der Waals surface area contributed by atoms with E-state index in [9.17, 15) is 14.4 Å². The molecule has 0 saturated carbocycles. The van der Waals surface area contributed by atoms with Crippen molar-refractivity contribution >= 4 is 17.6 Å². The van der Waals surface area contributed by atoms with Gasteiger partial charge in [-0.3, -0.25) is 24.3 Å². The maximum atomic E-state index is 12.4. The molecule has 0 spiro atoms. The van der Waals surface area contributed by atoms with E-state index in [2.05, 4.69) is 15.4 Å². The summed E-state index contributed by atoms with van der Waals surface area (Å²) in [5.41, 5.74) is 6.74. The summed E-state index contributed by atoms with van der Waals surface area (Å²) in [6.07, 6.45) is 1.58. The first-order valence-electron chi connectivity index (χ1n) is 7.36. The van der Waals surface area contributed by atoms with Crippen molar-refractivity contribution in [1.82, 2.24) is 24.6 Å². The third kappa shape index (κ3) is 2.21. The van der Waals surface area contributed by atoms with Gasteiger partial charge in [-0.2, -0.15) is 5.10 Å². The molecule has 0 atom stereocenters. The molecule has 0 unspecified atom stereocenters. The number of amides is 2. The summed E-state index contributed by atoms with van der Waals surface area (Å²) in [5.74, 6) is -0.664. The average molecular weight is 336 g/mol. The van der Waals surface area contributed by atoms with Crippen molar-refractivity contribution in [2.45, 2.75) is 6.92 Å². The molecule has 2 aromatic heterocycles. The first-order chi connectivity index (χ1) is 12.0. The topological polar surface area (TPSA) is 125 Å². The third-order valence-electron chi connectivity index (χ3n) is 3.93. The summed E-state index contributed by atoms with van der Waals surface area (Å²) in [4.78, 5) is 40.0. The summed E-state index contributed by atoms with van der Waals surface area (Å²) < 4.78 is 2.79. The number of benzene rings is 1. The lowest BCUT2D eigenvalue weighted by Crippen LogP contribution is -2.24. The number of aryl methyl sites for hydroxylation is 1. The van der Waals surface area contributed by atoms with Crippen molar-refractivity contribution in [1.29, 1.82) is 0 Å². The Morgan fingerprint density at radius 3 is 2.36 bits per heavy atom. The van der Waals surface area contributed by atoms with Gasteiger partial charge in [0.2, 0.25) is 0 Å². The molecule has 3 aromatic rings. The van der Waals surface area contributed by atoms with E-state index in [1.54, 1.807) is 42.2 Å². The number of imide groups is 1. The Morgan fingerprint density at radius 1 is 1.04 bits per heavy atom. The molecule has 2 amide bonds. The number of hydrogen-bond donors (Lipinski definition) is 2. The number of rotatable bonds is 2. The summed E-state index contributed by atoms with van der Waals surface area (Å²) >= 11 is 0. The Morgan fingerprint density at radius 2 is 1.72 bits per heavy atom. The first kappa shape index (κ1) is 14.8. The number of nitrogens with one attached hydrogen (secondary N) is 1. The number of carbonyl (C=O) groups excluding carboxylic acids is 2. The van der Waals surface area contributed by atoms with Crippen molar-refractivity contribution in [2.75, 3.05) is 5.73 Å². The molecule has 9 heteroatoms. The maximum absolute atomic E-state index is 12.4. The highest BCUT2D eigenvalue weighted by Crippen LogP contribution is 2.23. The van der Waals surface area contributed by atoms with Crippen LogP contribution in [0.25, 0.3) is 11.4 Å². The highest BCUT2D eigenvalue weighted by atomic mass is 16.2. The fourth-order valence-electron chi connectivity index (χ4n) is 2.77. The van der Waals surface area contributed by atoms with Gasteiger partial charge in [-0.25, -0.2) is 9.67 Å². The van der Waals surface area contributed by atoms with E-state index >= 15 is 0 Å². The van der Waals surface area contributed by atoms with Crippen molar-refractivity contribution in [2.24, 2.45) is 0 Å². The van der Waals surface area contributed by atoms with Gasteiger partial charge in [0.1, 0.15) is 18.0 Å². The molecule has 1 aliphatic heterocycles. The van der Waals surface area contributed by atoms with Gasteiger partial charge in [-0.15, -0.1) is 0 Å². The second-order valence-electron chi connectivity index (χ2n) is 5.53. The standard InChI is InChI=1S/C16H12N6O3/c1-8-18-7-21(20-8)9-2-4-10(5-3-9)22-12(23)6-11-13(14(22)17)16(25)19-15(11)24/h2-7H,17H2,1H3,(H,19,24,25). The van der Waals surface area contributed by atoms with Crippen LogP contribution < -0.4 is 16.6 Å². The predicted octanol–water partition coefficient (Wildman–Crippen LogP) is 0.192. The molecule has 0 bridgehead atoms. The van der Waals surface area contributed by atoms with Gasteiger partial charge < -0.3 is 5.73 Å². The second-order valence-corrected chi connectivity index (χ2v) is 5.53. The third-order valence-corrected chi connectivity index (χ3v) is 3.93. The van der Waals surface area contributed by atoms with Crippen LogP contribution in [0.15, 0.2) is 41.5 Å². The van der Waals surface area contributed by atoms with Crippen LogP contribution in [0.2, 0.25) is 0 Å². The number of nitrogens with two attached hydrogens (primary N) is 1. The molecule has 3 N–H and O–H groups in total. The van der Waals surface area contributed by atoms with Crippen LogP contribution in [0.4, 0.5) is 5.82 Å². The Bertz CT molecular complexity index is 1090. The zero-order valence-corrected chi connectivity index (χ0v) is 13.1. The summed E-state index contributed by atoms with van der Waals surface area (Å²) in [7, 11) is 0. The lowest BCUT2D eigenvalue weighted by molar-refractivity contribution is 0.0880. The van der Waals surface area contributed by atoms with Crippen molar-refractivity contribution < 1.29 is 9.59 Å². The quantitative estimate of drug-likeness (QED) is 0.644. The molecule has 4 rings (SSSR count). The molecule has 3 heterocycles.